The van der Waals surface area contributed by atoms with Crippen molar-refractivity contribution in [2.45, 2.75) is 39.1 Å². The van der Waals surface area contributed by atoms with Gasteiger partial charge in [-0.3, -0.25) is 14.9 Å². The summed E-state index contributed by atoms with van der Waals surface area (Å²) in [7, 11) is -4.64. The number of carbonyl (C=O) groups is 1. The van der Waals surface area contributed by atoms with E-state index >= 15 is 0 Å². The van der Waals surface area contributed by atoms with E-state index in [0.29, 0.717) is 0 Å². The SMILES string of the molecule is CC(C)OC(=O)C(C)NP(=O)(Oc1ccccc1)Oc1ncc(C(F)(F)F)cc1[N+](=O)[O-]. The maximum Gasteiger partial charge on any atom is 0.515 e. The highest BCUT2D eigenvalue weighted by molar-refractivity contribution is 7.52. The topological polar surface area (TPSA) is 130 Å². The summed E-state index contributed by atoms with van der Waals surface area (Å²) in [5.41, 5.74) is -2.60. The summed E-state index contributed by atoms with van der Waals surface area (Å²) >= 11 is 0. The van der Waals surface area contributed by atoms with Crippen molar-refractivity contribution >= 4 is 19.4 Å². The fraction of sp³-hybridized carbons (Fsp3) is 0.333. The van der Waals surface area contributed by atoms with Crippen molar-refractivity contribution in [3.05, 3.63) is 58.3 Å². The Morgan fingerprint density at radius 1 is 1.19 bits per heavy atom. The number of hydrogen-bond donors (Lipinski definition) is 1. The number of carbonyl (C=O) groups excluding carboxylic acids is 1. The van der Waals surface area contributed by atoms with Crippen LogP contribution in [0.25, 0.3) is 0 Å². The zero-order valence-electron chi connectivity index (χ0n) is 17.0. The molecule has 0 aliphatic rings. The molecule has 0 fully saturated rings. The van der Waals surface area contributed by atoms with Crippen LogP contribution in [0.2, 0.25) is 0 Å². The van der Waals surface area contributed by atoms with Gasteiger partial charge in [-0.05, 0) is 32.9 Å². The lowest BCUT2D eigenvalue weighted by Gasteiger charge is -2.23. The van der Waals surface area contributed by atoms with Crippen molar-refractivity contribution in [1.82, 2.24) is 10.1 Å². The Labute approximate surface area is 180 Å². The second kappa shape index (κ2) is 9.96. The van der Waals surface area contributed by atoms with E-state index in [1.807, 2.05) is 0 Å². The molecule has 0 spiro atoms. The van der Waals surface area contributed by atoms with Crippen LogP contribution in [0.15, 0.2) is 42.6 Å². The summed E-state index contributed by atoms with van der Waals surface area (Å²) in [5, 5.41) is 13.5. The van der Waals surface area contributed by atoms with Crippen LogP contribution >= 0.6 is 7.75 Å². The fourth-order valence-corrected chi connectivity index (χ4v) is 3.72. The first-order valence-corrected chi connectivity index (χ1v) is 10.6. The average Bonchev–Trinajstić information content (AvgIpc) is 2.67. The molecule has 0 saturated carbocycles. The Hall–Kier alpha value is -3.18. The minimum atomic E-state index is -4.91. The number of nitro groups is 1. The van der Waals surface area contributed by atoms with Crippen LogP contribution in [0.3, 0.4) is 0 Å². The van der Waals surface area contributed by atoms with Crippen LogP contribution < -0.4 is 14.1 Å². The van der Waals surface area contributed by atoms with Gasteiger partial charge in [-0.15, -0.1) is 0 Å². The van der Waals surface area contributed by atoms with Crippen LogP contribution in [0.4, 0.5) is 18.9 Å². The first-order valence-electron chi connectivity index (χ1n) is 9.05. The van der Waals surface area contributed by atoms with Crippen molar-refractivity contribution in [2.24, 2.45) is 0 Å². The largest absolute Gasteiger partial charge is 0.515 e. The molecular weight excluding hydrogens is 458 g/mol. The van der Waals surface area contributed by atoms with Gasteiger partial charge in [0.1, 0.15) is 11.8 Å². The van der Waals surface area contributed by atoms with E-state index in [-0.39, 0.29) is 18.0 Å². The van der Waals surface area contributed by atoms with Gasteiger partial charge in [0.25, 0.3) is 0 Å². The number of nitrogens with one attached hydrogen (secondary N) is 1. The molecule has 2 unspecified atom stereocenters. The number of ether oxygens (including phenoxy) is 1. The molecular formula is C18H19F3N3O7P. The number of aromatic nitrogens is 1. The first-order chi connectivity index (χ1) is 14.8. The van der Waals surface area contributed by atoms with Gasteiger partial charge >= 0.3 is 31.5 Å². The lowest BCUT2D eigenvalue weighted by molar-refractivity contribution is -0.386. The van der Waals surface area contributed by atoms with Crippen LogP contribution in [-0.2, 0) is 20.3 Å². The smallest absolute Gasteiger partial charge is 0.462 e. The molecule has 10 nitrogen and oxygen atoms in total. The third-order valence-electron chi connectivity index (χ3n) is 3.59. The predicted molar refractivity (Wildman–Crippen MR) is 105 cm³/mol. The van der Waals surface area contributed by atoms with Crippen molar-refractivity contribution in [3.8, 4) is 11.6 Å². The lowest BCUT2D eigenvalue weighted by atomic mass is 10.2. The van der Waals surface area contributed by atoms with Crippen LogP contribution in [0.1, 0.15) is 26.3 Å². The quantitative estimate of drug-likeness (QED) is 0.240. The van der Waals surface area contributed by atoms with Crippen LogP contribution in [0.5, 0.6) is 11.6 Å². The van der Waals surface area contributed by atoms with Gasteiger partial charge in [-0.25, -0.2) is 9.55 Å². The Balaban J connectivity index is 2.43. The lowest BCUT2D eigenvalue weighted by Crippen LogP contribution is -2.37. The second-order valence-corrected chi connectivity index (χ2v) is 8.25. The van der Waals surface area contributed by atoms with Crippen molar-refractivity contribution in [3.63, 3.8) is 0 Å². The van der Waals surface area contributed by atoms with Crippen LogP contribution in [-0.4, -0.2) is 28.0 Å². The first kappa shape index (κ1) is 25.1. The number of esters is 1. The maximum atomic E-state index is 13.4. The number of nitrogens with zero attached hydrogens (tertiary/aromatic N) is 2. The summed E-state index contributed by atoms with van der Waals surface area (Å²) in [4.78, 5) is 25.5. The number of halogens is 3. The molecule has 1 heterocycles. The maximum absolute atomic E-state index is 13.4. The highest BCUT2D eigenvalue weighted by atomic mass is 31.2. The number of para-hydroxylation sites is 1. The molecule has 14 heteroatoms. The predicted octanol–water partition coefficient (Wildman–Crippen LogP) is 4.50. The molecule has 0 bridgehead atoms. The summed E-state index contributed by atoms with van der Waals surface area (Å²) < 4.78 is 67.5. The molecule has 1 N–H and O–H groups in total. The summed E-state index contributed by atoms with van der Waals surface area (Å²) in [6, 6.07) is 6.33. The molecule has 0 radical (unpaired) electrons. The third kappa shape index (κ3) is 6.92. The molecule has 0 amide bonds. The van der Waals surface area contributed by atoms with Crippen LogP contribution in [0, 0.1) is 10.1 Å². The Morgan fingerprint density at radius 2 is 1.81 bits per heavy atom. The van der Waals surface area contributed by atoms with Gasteiger partial charge in [0.2, 0.25) is 0 Å². The van der Waals surface area contributed by atoms with E-state index in [4.69, 9.17) is 13.8 Å². The zero-order chi connectivity index (χ0) is 24.1. The molecule has 1 aromatic heterocycles. The Morgan fingerprint density at radius 3 is 2.34 bits per heavy atom. The van der Waals surface area contributed by atoms with Gasteiger partial charge in [0.15, 0.2) is 0 Å². The van der Waals surface area contributed by atoms with E-state index < -0.39 is 54.1 Å². The standard InChI is InChI=1S/C18H19F3N3O7P/c1-11(2)29-17(25)12(3)23-32(28,30-14-7-5-4-6-8-14)31-16-15(24(26)27)9-13(10-22-16)18(19,20)21/h4-12H,1-3H3,(H,23,28). The highest BCUT2D eigenvalue weighted by Crippen LogP contribution is 2.47. The van der Waals surface area contributed by atoms with Crippen molar-refractivity contribution in [1.29, 1.82) is 0 Å². The molecule has 0 aliphatic heterocycles. The van der Waals surface area contributed by atoms with E-state index in [9.17, 15) is 32.6 Å². The molecule has 0 aliphatic carbocycles. The van der Waals surface area contributed by atoms with E-state index in [1.165, 1.54) is 31.2 Å². The van der Waals surface area contributed by atoms with Gasteiger partial charge in [0, 0.05) is 12.3 Å². The summed E-state index contributed by atoms with van der Waals surface area (Å²) in [6.45, 7) is 4.43. The fourth-order valence-electron chi connectivity index (χ4n) is 2.23. The van der Waals surface area contributed by atoms with Gasteiger partial charge < -0.3 is 13.8 Å². The zero-order valence-corrected chi connectivity index (χ0v) is 17.9. The van der Waals surface area contributed by atoms with Gasteiger partial charge in [0.05, 0.1) is 16.6 Å². The molecule has 0 saturated heterocycles. The average molecular weight is 477 g/mol. The number of alkyl halides is 3. The normalized spacial score (nSPS) is 14.3. The molecule has 2 atom stereocenters. The molecule has 174 valence electrons. The van der Waals surface area contributed by atoms with E-state index in [2.05, 4.69) is 10.1 Å². The molecule has 32 heavy (non-hydrogen) atoms. The number of hydrogen-bond acceptors (Lipinski definition) is 8. The van der Waals surface area contributed by atoms with Crippen molar-refractivity contribution < 1.29 is 41.2 Å². The summed E-state index contributed by atoms with van der Waals surface area (Å²) in [6.07, 6.45) is -5.13. The highest BCUT2D eigenvalue weighted by Gasteiger charge is 2.39. The monoisotopic (exact) mass is 477 g/mol. The molecule has 2 aromatic rings. The third-order valence-corrected chi connectivity index (χ3v) is 5.16. The van der Waals surface area contributed by atoms with Crippen molar-refractivity contribution in [2.75, 3.05) is 0 Å². The minimum Gasteiger partial charge on any atom is -0.462 e. The Kier molecular flexibility index (Phi) is 7.81. The van der Waals surface area contributed by atoms with E-state index in [1.54, 1.807) is 19.9 Å². The summed E-state index contributed by atoms with van der Waals surface area (Å²) in [5.74, 6) is -1.85. The van der Waals surface area contributed by atoms with E-state index in [0.717, 1.165) is 0 Å². The minimum absolute atomic E-state index is 0.0117. The molecule has 1 aromatic carbocycles. The number of benzene rings is 1. The van der Waals surface area contributed by atoms with Gasteiger partial charge in [-0.2, -0.15) is 18.3 Å². The number of rotatable bonds is 9. The molecule has 2 rings (SSSR count). The van der Waals surface area contributed by atoms with Gasteiger partial charge in [-0.1, -0.05) is 18.2 Å². The number of pyridine rings is 1. The second-order valence-electron chi connectivity index (χ2n) is 6.63. The Bertz CT molecular complexity index is 1020.